The van der Waals surface area contributed by atoms with Crippen molar-refractivity contribution in [1.82, 2.24) is 15.0 Å². The van der Waals surface area contributed by atoms with Crippen LogP contribution in [0.25, 0.3) is 0 Å². The molecule has 3 rings (SSSR count). The predicted molar refractivity (Wildman–Crippen MR) is 80.0 cm³/mol. The van der Waals surface area contributed by atoms with Crippen LogP contribution in [0, 0.1) is 12.8 Å². The molecule has 21 heavy (non-hydrogen) atoms. The van der Waals surface area contributed by atoms with E-state index in [0.29, 0.717) is 24.0 Å². The lowest BCUT2D eigenvalue weighted by molar-refractivity contribution is -0.0153. The third-order valence-electron chi connectivity index (χ3n) is 4.95. The molecule has 5 nitrogen and oxygen atoms in total. The molecule has 5 heteroatoms. The second-order valence-corrected chi connectivity index (χ2v) is 6.54. The molecule has 118 valence electrons. The van der Waals surface area contributed by atoms with E-state index in [1.54, 1.807) is 0 Å². The highest BCUT2D eigenvalue weighted by Gasteiger charge is 2.30. The Balaban J connectivity index is 1.48. The molecule has 1 saturated carbocycles. The average Bonchev–Trinajstić information content (AvgIpc) is 3.09. The summed E-state index contributed by atoms with van der Waals surface area (Å²) in [5, 5.41) is 4.09. The Labute approximate surface area is 127 Å². The summed E-state index contributed by atoms with van der Waals surface area (Å²) in [5.74, 6) is 2.22. The first kappa shape index (κ1) is 15.0. The molecule has 0 spiro atoms. The van der Waals surface area contributed by atoms with E-state index >= 15 is 0 Å². The Bertz CT molecular complexity index is 448. The van der Waals surface area contributed by atoms with E-state index in [2.05, 4.69) is 22.0 Å². The van der Waals surface area contributed by atoms with Crippen molar-refractivity contribution in [3.63, 3.8) is 0 Å². The van der Waals surface area contributed by atoms with Gasteiger partial charge in [0.05, 0.1) is 18.8 Å². The summed E-state index contributed by atoms with van der Waals surface area (Å²) in [6, 6.07) is 0.315. The lowest BCUT2D eigenvalue weighted by atomic mass is 9.88. The van der Waals surface area contributed by atoms with Gasteiger partial charge in [-0.1, -0.05) is 24.9 Å². The summed E-state index contributed by atoms with van der Waals surface area (Å²) in [7, 11) is 0. The molecule has 0 bridgehead atoms. The molecule has 0 unspecified atom stereocenters. The number of aryl methyl sites for hydroxylation is 1. The Morgan fingerprint density at radius 1 is 1.24 bits per heavy atom. The molecular formula is C16H27N3O2. The molecular weight excluding hydrogens is 266 g/mol. The average molecular weight is 293 g/mol. The van der Waals surface area contributed by atoms with Gasteiger partial charge < -0.3 is 9.26 Å². The molecule has 0 amide bonds. The van der Waals surface area contributed by atoms with Gasteiger partial charge in [0.25, 0.3) is 0 Å². The number of likely N-dealkylation sites (tertiary alicyclic amines) is 1. The van der Waals surface area contributed by atoms with Gasteiger partial charge in [0.2, 0.25) is 5.89 Å². The molecule has 2 aliphatic rings. The zero-order valence-electron chi connectivity index (χ0n) is 13.3. The van der Waals surface area contributed by atoms with Crippen molar-refractivity contribution in [2.24, 2.45) is 5.92 Å². The number of hydrogen-bond acceptors (Lipinski definition) is 5. The molecule has 0 N–H and O–H groups in total. The number of rotatable bonds is 5. The van der Waals surface area contributed by atoms with Crippen molar-refractivity contribution in [1.29, 1.82) is 0 Å². The SMILES string of the molecule is Cc1nc([C@@H]2CCCN2CCO[C@H]2CCCC[C@@H]2C)no1. The molecule has 0 aromatic carbocycles. The second kappa shape index (κ2) is 6.88. The fourth-order valence-corrected chi connectivity index (χ4v) is 3.69. The fourth-order valence-electron chi connectivity index (χ4n) is 3.69. The topological polar surface area (TPSA) is 51.4 Å². The highest BCUT2D eigenvalue weighted by Crippen LogP contribution is 2.30. The summed E-state index contributed by atoms with van der Waals surface area (Å²) in [6.07, 6.45) is 8.04. The number of nitrogens with zero attached hydrogens (tertiary/aromatic N) is 3. The molecule has 1 aliphatic heterocycles. The third-order valence-corrected chi connectivity index (χ3v) is 4.95. The van der Waals surface area contributed by atoms with Crippen molar-refractivity contribution in [3.8, 4) is 0 Å². The van der Waals surface area contributed by atoms with E-state index in [0.717, 1.165) is 31.9 Å². The maximum Gasteiger partial charge on any atom is 0.223 e. The summed E-state index contributed by atoms with van der Waals surface area (Å²) in [5.41, 5.74) is 0. The first-order valence-electron chi connectivity index (χ1n) is 8.40. The molecule has 3 atom stereocenters. The zero-order chi connectivity index (χ0) is 14.7. The van der Waals surface area contributed by atoms with E-state index in [1.807, 2.05) is 6.92 Å². The molecule has 0 radical (unpaired) electrons. The lowest BCUT2D eigenvalue weighted by Gasteiger charge is -2.30. The van der Waals surface area contributed by atoms with Gasteiger partial charge in [0.1, 0.15) is 0 Å². The first-order valence-corrected chi connectivity index (χ1v) is 8.40. The largest absolute Gasteiger partial charge is 0.377 e. The predicted octanol–water partition coefficient (Wildman–Crippen LogP) is 3.11. The normalized spacial score (nSPS) is 30.9. The van der Waals surface area contributed by atoms with Crippen LogP contribution in [0.3, 0.4) is 0 Å². The Hall–Kier alpha value is -0.940. The maximum absolute atomic E-state index is 6.14. The lowest BCUT2D eigenvalue weighted by Crippen LogP contribution is -2.32. The summed E-state index contributed by atoms with van der Waals surface area (Å²) < 4.78 is 11.3. The van der Waals surface area contributed by atoms with Crippen LogP contribution in [0.15, 0.2) is 4.52 Å². The van der Waals surface area contributed by atoms with Gasteiger partial charge in [-0.05, 0) is 38.1 Å². The summed E-state index contributed by atoms with van der Waals surface area (Å²) in [6.45, 7) is 7.08. The first-order chi connectivity index (χ1) is 10.2. The van der Waals surface area contributed by atoms with E-state index < -0.39 is 0 Å². The second-order valence-electron chi connectivity index (χ2n) is 6.54. The van der Waals surface area contributed by atoms with Crippen molar-refractivity contribution in [2.45, 2.75) is 64.5 Å². The highest BCUT2D eigenvalue weighted by atomic mass is 16.5. The minimum absolute atomic E-state index is 0.315. The van der Waals surface area contributed by atoms with E-state index in [-0.39, 0.29) is 0 Å². The van der Waals surface area contributed by atoms with Crippen LogP contribution in [0.2, 0.25) is 0 Å². The standard InChI is InChI=1S/C16H27N3O2/c1-12-6-3-4-8-15(12)20-11-10-19-9-5-7-14(19)16-17-13(2)21-18-16/h12,14-15H,3-11H2,1-2H3/t12-,14-,15-/m0/s1. The Morgan fingerprint density at radius 3 is 2.86 bits per heavy atom. The summed E-state index contributed by atoms with van der Waals surface area (Å²) in [4.78, 5) is 6.83. The van der Waals surface area contributed by atoms with E-state index in [4.69, 9.17) is 9.26 Å². The zero-order valence-corrected chi connectivity index (χ0v) is 13.3. The van der Waals surface area contributed by atoms with Gasteiger partial charge >= 0.3 is 0 Å². The smallest absolute Gasteiger partial charge is 0.223 e. The summed E-state index contributed by atoms with van der Waals surface area (Å²) >= 11 is 0. The van der Waals surface area contributed by atoms with Crippen LogP contribution in [0.4, 0.5) is 0 Å². The minimum Gasteiger partial charge on any atom is -0.377 e. The van der Waals surface area contributed by atoms with E-state index in [1.165, 1.54) is 32.1 Å². The van der Waals surface area contributed by atoms with Crippen molar-refractivity contribution >= 4 is 0 Å². The van der Waals surface area contributed by atoms with Crippen LogP contribution < -0.4 is 0 Å². The Morgan fingerprint density at radius 2 is 2.10 bits per heavy atom. The van der Waals surface area contributed by atoms with Gasteiger partial charge in [-0.15, -0.1) is 0 Å². The molecule has 1 aromatic heterocycles. The number of hydrogen-bond donors (Lipinski definition) is 0. The van der Waals surface area contributed by atoms with Crippen LogP contribution in [-0.4, -0.2) is 40.8 Å². The van der Waals surface area contributed by atoms with Crippen LogP contribution >= 0.6 is 0 Å². The quantitative estimate of drug-likeness (QED) is 0.835. The van der Waals surface area contributed by atoms with Gasteiger partial charge in [-0.3, -0.25) is 4.90 Å². The van der Waals surface area contributed by atoms with Gasteiger partial charge in [-0.2, -0.15) is 4.98 Å². The van der Waals surface area contributed by atoms with Gasteiger partial charge in [0.15, 0.2) is 5.82 Å². The maximum atomic E-state index is 6.14. The monoisotopic (exact) mass is 293 g/mol. The number of aromatic nitrogens is 2. The molecule has 1 aromatic rings. The van der Waals surface area contributed by atoms with Crippen LogP contribution in [0.1, 0.15) is 63.2 Å². The van der Waals surface area contributed by atoms with Gasteiger partial charge in [0, 0.05) is 13.5 Å². The third kappa shape index (κ3) is 3.64. The van der Waals surface area contributed by atoms with E-state index in [9.17, 15) is 0 Å². The van der Waals surface area contributed by atoms with Crippen molar-refractivity contribution in [2.75, 3.05) is 19.7 Å². The molecule has 1 aliphatic carbocycles. The minimum atomic E-state index is 0.315. The van der Waals surface area contributed by atoms with Crippen LogP contribution in [0.5, 0.6) is 0 Å². The highest BCUT2D eigenvalue weighted by molar-refractivity contribution is 4.97. The van der Waals surface area contributed by atoms with Crippen molar-refractivity contribution < 1.29 is 9.26 Å². The molecule has 2 heterocycles. The van der Waals surface area contributed by atoms with Gasteiger partial charge in [-0.25, -0.2) is 0 Å². The van der Waals surface area contributed by atoms with Crippen molar-refractivity contribution in [3.05, 3.63) is 11.7 Å². The number of ether oxygens (including phenoxy) is 1. The fraction of sp³-hybridized carbons (Fsp3) is 0.875. The molecule has 2 fully saturated rings. The Kier molecular flexibility index (Phi) is 4.91. The van der Waals surface area contributed by atoms with Crippen LogP contribution in [-0.2, 0) is 4.74 Å². The molecule has 1 saturated heterocycles.